The van der Waals surface area contributed by atoms with Gasteiger partial charge in [0.1, 0.15) is 12.7 Å². The first-order valence-electron chi connectivity index (χ1n) is 31.5. The van der Waals surface area contributed by atoms with Crippen molar-refractivity contribution in [1.82, 2.24) is 0 Å². The lowest BCUT2D eigenvalue weighted by Crippen LogP contribution is -2.30. The Labute approximate surface area is 477 Å². The molecule has 0 aromatic carbocycles. The predicted octanol–water partition coefficient (Wildman–Crippen LogP) is 19.0. The monoisotopic (exact) mass is 1110 g/mol. The Kier molecular flexibility index (Phi) is 57.2. The number of aliphatic hydroxyl groups is 1. The number of carbonyl (C=O) groups excluding carboxylic acids is 3. The van der Waals surface area contributed by atoms with Crippen LogP contribution in [0.25, 0.3) is 0 Å². The lowest BCUT2D eigenvalue weighted by molar-refractivity contribution is -0.161. The van der Waals surface area contributed by atoms with E-state index >= 15 is 0 Å². The summed E-state index contributed by atoms with van der Waals surface area (Å²) in [6, 6.07) is 0. The normalized spacial score (nSPS) is 13.9. The zero-order chi connectivity index (χ0) is 56.9. The topological polar surface area (TPSA) is 155 Å². The fourth-order valence-electron chi connectivity index (χ4n) is 8.60. The van der Waals surface area contributed by atoms with Crippen molar-refractivity contribution in [2.45, 2.75) is 290 Å². The number of hydrogen-bond acceptors (Lipinski definition) is 10. The Morgan fingerprint density at radius 2 is 0.667 bits per heavy atom. The van der Waals surface area contributed by atoms with E-state index in [-0.39, 0.29) is 25.9 Å². The van der Waals surface area contributed by atoms with Gasteiger partial charge in [0.15, 0.2) is 6.10 Å². The van der Waals surface area contributed by atoms with Gasteiger partial charge >= 0.3 is 25.7 Å². The van der Waals surface area contributed by atoms with E-state index in [9.17, 15) is 28.9 Å². The van der Waals surface area contributed by atoms with Crippen molar-refractivity contribution in [1.29, 1.82) is 0 Å². The summed E-state index contributed by atoms with van der Waals surface area (Å²) < 4.78 is 39.6. The van der Waals surface area contributed by atoms with E-state index in [0.29, 0.717) is 19.3 Å². The molecule has 0 fully saturated rings. The number of phosphoric acid groups is 1. The van der Waals surface area contributed by atoms with E-state index in [1.165, 1.54) is 96.3 Å². The summed E-state index contributed by atoms with van der Waals surface area (Å²) in [6.07, 6.45) is 69.6. The Hall–Kier alpha value is -3.34. The minimum Gasteiger partial charge on any atom is -0.462 e. The number of allylic oxidation sites excluding steroid dienone is 14. The zero-order valence-electron chi connectivity index (χ0n) is 49.9. The standard InChI is InChI=1S/C66H115O11P/c1-4-7-10-13-16-19-22-25-28-31-34-37-40-43-46-49-52-55-64(68)73-59-63(77-66(70)57-54-51-48-45-42-39-36-33-30-27-24-21-18-15-12-9-6-3)61-75-78(71,72)74-60-62(58-67)76-65(69)56-53-50-47-44-41-38-35-32-29-26-23-20-17-14-11-8-5-2/h7,9-10,12,16,18-19,21,25,27-28,30,36,39,62-63,67H,4-6,8,11,13-15,17,20,22-24,26,29,31-35,37-38,40-61H2,1-3H3,(H,71,72)/b10-7-,12-9-,19-16-,21-18-,28-25-,30-27-,39-36-. The van der Waals surface area contributed by atoms with E-state index in [2.05, 4.69) is 106 Å². The highest BCUT2D eigenvalue weighted by atomic mass is 31.2. The lowest BCUT2D eigenvalue weighted by Gasteiger charge is -2.21. The van der Waals surface area contributed by atoms with Crippen LogP contribution in [-0.4, -0.2) is 66.5 Å². The molecule has 450 valence electrons. The lowest BCUT2D eigenvalue weighted by atomic mass is 10.0. The third-order valence-corrected chi connectivity index (χ3v) is 14.3. The van der Waals surface area contributed by atoms with Gasteiger partial charge < -0.3 is 24.2 Å². The van der Waals surface area contributed by atoms with Crippen LogP contribution in [0.5, 0.6) is 0 Å². The second kappa shape index (κ2) is 59.8. The maximum absolute atomic E-state index is 12.9. The number of ether oxygens (including phenoxy) is 3. The first-order valence-corrected chi connectivity index (χ1v) is 33.0. The molecule has 78 heavy (non-hydrogen) atoms. The van der Waals surface area contributed by atoms with Crippen LogP contribution in [0.3, 0.4) is 0 Å². The van der Waals surface area contributed by atoms with E-state index in [0.717, 1.165) is 122 Å². The molecule has 0 aliphatic heterocycles. The second-order valence-electron chi connectivity index (χ2n) is 20.8. The number of carbonyl (C=O) groups is 3. The van der Waals surface area contributed by atoms with Crippen molar-refractivity contribution in [2.75, 3.05) is 26.4 Å². The van der Waals surface area contributed by atoms with Crippen LogP contribution in [0.4, 0.5) is 0 Å². The molecular formula is C66H115O11P. The zero-order valence-corrected chi connectivity index (χ0v) is 50.8. The Morgan fingerprint density at radius 3 is 1.03 bits per heavy atom. The van der Waals surface area contributed by atoms with Gasteiger partial charge in [-0.25, -0.2) is 4.57 Å². The number of phosphoric ester groups is 1. The van der Waals surface area contributed by atoms with Crippen LogP contribution in [0.1, 0.15) is 278 Å². The van der Waals surface area contributed by atoms with Gasteiger partial charge in [-0.1, -0.05) is 254 Å². The fraction of sp³-hybridized carbons (Fsp3) is 0.742. The predicted molar refractivity (Wildman–Crippen MR) is 325 cm³/mol. The van der Waals surface area contributed by atoms with Crippen molar-refractivity contribution in [3.8, 4) is 0 Å². The minimum absolute atomic E-state index is 0.135. The van der Waals surface area contributed by atoms with Gasteiger partial charge in [0.05, 0.1) is 19.8 Å². The molecule has 0 saturated carbocycles. The SMILES string of the molecule is CC/C=C\C/C=C\C/C=C\C/C=C\CCCCCCC(=O)OC(COC(=O)CCCCCCCCC/C=C\C/C=C\C/C=C\CC)COP(=O)(O)OCC(CO)OC(=O)CCCCCCCCCCCCCCCCCCC. The number of aliphatic hydroxyl groups excluding tert-OH is 1. The van der Waals surface area contributed by atoms with Crippen LogP contribution < -0.4 is 0 Å². The molecule has 0 spiro atoms. The first kappa shape index (κ1) is 74.7. The molecule has 12 heteroatoms. The van der Waals surface area contributed by atoms with Gasteiger partial charge in [-0.2, -0.15) is 0 Å². The summed E-state index contributed by atoms with van der Waals surface area (Å²) in [5, 5.41) is 9.85. The summed E-state index contributed by atoms with van der Waals surface area (Å²) in [5.41, 5.74) is 0. The average Bonchev–Trinajstić information content (AvgIpc) is 3.43. The molecule has 0 amide bonds. The van der Waals surface area contributed by atoms with Crippen LogP contribution in [0.15, 0.2) is 85.1 Å². The Balaban J connectivity index is 4.73. The molecule has 0 heterocycles. The van der Waals surface area contributed by atoms with E-state index in [1.807, 2.05) is 0 Å². The number of rotatable bonds is 58. The van der Waals surface area contributed by atoms with Crippen LogP contribution in [-0.2, 0) is 42.2 Å². The van der Waals surface area contributed by atoms with Gasteiger partial charge in [0.2, 0.25) is 0 Å². The summed E-state index contributed by atoms with van der Waals surface area (Å²) in [4.78, 5) is 48.7. The van der Waals surface area contributed by atoms with Crippen molar-refractivity contribution in [3.63, 3.8) is 0 Å². The molecule has 0 rings (SSSR count). The highest BCUT2D eigenvalue weighted by Crippen LogP contribution is 2.43. The average molecular weight is 1120 g/mol. The van der Waals surface area contributed by atoms with E-state index in [1.54, 1.807) is 0 Å². The highest BCUT2D eigenvalue weighted by Gasteiger charge is 2.28. The quantitative estimate of drug-likeness (QED) is 0.0197. The Morgan fingerprint density at radius 1 is 0.372 bits per heavy atom. The van der Waals surface area contributed by atoms with Crippen molar-refractivity contribution >= 4 is 25.7 Å². The van der Waals surface area contributed by atoms with Gasteiger partial charge in [-0.15, -0.1) is 0 Å². The highest BCUT2D eigenvalue weighted by molar-refractivity contribution is 7.47. The molecule has 0 bridgehead atoms. The van der Waals surface area contributed by atoms with Gasteiger partial charge in [-0.3, -0.25) is 23.4 Å². The van der Waals surface area contributed by atoms with Gasteiger partial charge in [0, 0.05) is 19.3 Å². The first-order chi connectivity index (χ1) is 38.2. The summed E-state index contributed by atoms with van der Waals surface area (Å²) in [6.45, 7) is 4.42. The molecule has 0 aromatic rings. The molecule has 0 aliphatic carbocycles. The maximum Gasteiger partial charge on any atom is 0.472 e. The third kappa shape index (κ3) is 57.3. The second-order valence-corrected chi connectivity index (χ2v) is 22.3. The summed E-state index contributed by atoms with van der Waals surface area (Å²) in [5.74, 6) is -1.50. The fourth-order valence-corrected chi connectivity index (χ4v) is 9.38. The summed E-state index contributed by atoms with van der Waals surface area (Å²) >= 11 is 0. The minimum atomic E-state index is -4.76. The van der Waals surface area contributed by atoms with Crippen LogP contribution in [0, 0.1) is 0 Å². The van der Waals surface area contributed by atoms with Crippen LogP contribution >= 0.6 is 7.82 Å². The van der Waals surface area contributed by atoms with Crippen LogP contribution in [0.2, 0.25) is 0 Å². The third-order valence-electron chi connectivity index (χ3n) is 13.3. The molecule has 3 atom stereocenters. The van der Waals surface area contributed by atoms with Gasteiger partial charge in [0.25, 0.3) is 0 Å². The van der Waals surface area contributed by atoms with Gasteiger partial charge in [-0.05, 0) is 89.9 Å². The largest absolute Gasteiger partial charge is 0.472 e. The van der Waals surface area contributed by atoms with Crippen molar-refractivity contribution in [2.24, 2.45) is 0 Å². The number of hydrogen-bond donors (Lipinski definition) is 2. The smallest absolute Gasteiger partial charge is 0.462 e. The Bertz CT molecular complexity index is 1630. The van der Waals surface area contributed by atoms with Crippen molar-refractivity contribution in [3.05, 3.63) is 85.1 Å². The van der Waals surface area contributed by atoms with Crippen molar-refractivity contribution < 1.29 is 52.2 Å². The molecule has 3 unspecified atom stereocenters. The molecule has 2 N–H and O–H groups in total. The molecule has 0 aromatic heterocycles. The van der Waals surface area contributed by atoms with E-state index in [4.69, 9.17) is 23.3 Å². The number of esters is 3. The summed E-state index contributed by atoms with van der Waals surface area (Å²) in [7, 11) is -4.76. The maximum atomic E-state index is 12.9. The molecule has 0 radical (unpaired) electrons. The molecular weight excluding hydrogens is 1000 g/mol. The molecule has 11 nitrogen and oxygen atoms in total. The number of unbranched alkanes of at least 4 members (excludes halogenated alkanes) is 27. The molecule has 0 saturated heterocycles. The van der Waals surface area contributed by atoms with E-state index < -0.39 is 57.8 Å². The molecule has 0 aliphatic rings.